The second-order valence-corrected chi connectivity index (χ2v) is 15.2. The first-order valence-corrected chi connectivity index (χ1v) is 20.5. The lowest BCUT2D eigenvalue weighted by atomic mass is 9.90. The predicted octanol–water partition coefficient (Wildman–Crippen LogP) is 15.1. The number of benzene rings is 9. The number of nitrogens with zero attached hydrogens (tertiary/aromatic N) is 3. The van der Waals surface area contributed by atoms with Crippen LogP contribution in [0.15, 0.2) is 229 Å². The molecule has 4 nitrogen and oxygen atoms in total. The highest BCUT2D eigenvalue weighted by Gasteiger charge is 2.21. The van der Waals surface area contributed by atoms with Gasteiger partial charge in [0.25, 0.3) is 0 Å². The standard InChI is InChI=1S/C57H37N3O/c1-5-16-38(17-6-1)40-30-32-43(33-31-40)55-58-56(46-25-13-24-44(36-46)39-18-7-2-8-19-39)60-57(59-55)50-28-15-29-52-53(50)49-27-14-26-48(54(49)61-52)45-34-35-47(41-20-9-3-10-21-41)51(37-45)42-22-11-4-12-23-42/h1-37H. The fourth-order valence-electron chi connectivity index (χ4n) is 8.36. The first-order valence-electron chi connectivity index (χ1n) is 20.5. The lowest BCUT2D eigenvalue weighted by Gasteiger charge is -2.13. The molecule has 9 aromatic carbocycles. The van der Waals surface area contributed by atoms with Crippen LogP contribution in [0.2, 0.25) is 0 Å². The van der Waals surface area contributed by atoms with Gasteiger partial charge in [0.05, 0.1) is 0 Å². The highest BCUT2D eigenvalue weighted by molar-refractivity contribution is 6.15. The highest BCUT2D eigenvalue weighted by Crippen LogP contribution is 2.43. The van der Waals surface area contributed by atoms with Gasteiger partial charge in [-0.05, 0) is 68.3 Å². The zero-order chi connectivity index (χ0) is 40.5. The third-order valence-corrected chi connectivity index (χ3v) is 11.4. The topological polar surface area (TPSA) is 51.8 Å². The molecule has 0 radical (unpaired) electrons. The SMILES string of the molecule is c1ccc(-c2ccc(-c3nc(-c4cccc(-c5ccccc5)c4)nc(-c4cccc5oc6c(-c7ccc(-c8ccccc8)c(-c8ccccc8)c7)cccc6c45)n3)cc2)cc1. The van der Waals surface area contributed by atoms with Gasteiger partial charge in [0.1, 0.15) is 11.2 Å². The Morgan fingerprint density at radius 2 is 0.738 bits per heavy atom. The molecule has 0 amide bonds. The summed E-state index contributed by atoms with van der Waals surface area (Å²) in [6.45, 7) is 0. The molecule has 0 aliphatic heterocycles. The number of fused-ring (bicyclic) bond motifs is 3. The fourth-order valence-corrected chi connectivity index (χ4v) is 8.36. The van der Waals surface area contributed by atoms with Crippen LogP contribution in [-0.2, 0) is 0 Å². The van der Waals surface area contributed by atoms with Crippen molar-refractivity contribution < 1.29 is 4.42 Å². The van der Waals surface area contributed by atoms with Crippen LogP contribution >= 0.6 is 0 Å². The van der Waals surface area contributed by atoms with Crippen molar-refractivity contribution in [2.24, 2.45) is 0 Å². The lowest BCUT2D eigenvalue weighted by Crippen LogP contribution is -2.00. The van der Waals surface area contributed by atoms with Gasteiger partial charge in [-0.2, -0.15) is 0 Å². The molecule has 0 N–H and O–H groups in total. The smallest absolute Gasteiger partial charge is 0.164 e. The number of aromatic nitrogens is 3. The van der Waals surface area contributed by atoms with Crippen LogP contribution in [-0.4, -0.2) is 15.0 Å². The highest BCUT2D eigenvalue weighted by atomic mass is 16.3. The molecule has 0 aliphatic rings. The molecule has 0 aliphatic carbocycles. The molecule has 4 heteroatoms. The normalized spacial score (nSPS) is 11.3. The fraction of sp³-hybridized carbons (Fsp3) is 0. The molecule has 0 spiro atoms. The summed E-state index contributed by atoms with van der Waals surface area (Å²) in [7, 11) is 0. The van der Waals surface area contributed by atoms with E-state index < -0.39 is 0 Å². The summed E-state index contributed by atoms with van der Waals surface area (Å²) in [6.07, 6.45) is 0. The summed E-state index contributed by atoms with van der Waals surface area (Å²) in [4.78, 5) is 15.6. The Bertz CT molecular complexity index is 3320. The van der Waals surface area contributed by atoms with E-state index in [2.05, 4.69) is 200 Å². The van der Waals surface area contributed by atoms with Crippen LogP contribution in [0.5, 0.6) is 0 Å². The van der Waals surface area contributed by atoms with Gasteiger partial charge < -0.3 is 4.42 Å². The van der Waals surface area contributed by atoms with Crippen LogP contribution in [0, 0.1) is 0 Å². The van der Waals surface area contributed by atoms with E-state index in [4.69, 9.17) is 19.4 Å². The Balaban J connectivity index is 1.08. The molecular weight excluding hydrogens is 743 g/mol. The third-order valence-electron chi connectivity index (χ3n) is 11.4. The van der Waals surface area contributed by atoms with Gasteiger partial charge in [0.2, 0.25) is 0 Å². The minimum absolute atomic E-state index is 0.578. The number of hydrogen-bond acceptors (Lipinski definition) is 4. The van der Waals surface area contributed by atoms with Crippen LogP contribution < -0.4 is 0 Å². The quantitative estimate of drug-likeness (QED) is 0.154. The lowest BCUT2D eigenvalue weighted by molar-refractivity contribution is 0.670. The molecule has 0 atom stereocenters. The van der Waals surface area contributed by atoms with Crippen LogP contribution in [0.1, 0.15) is 0 Å². The Labute approximate surface area is 354 Å². The maximum atomic E-state index is 6.84. The average Bonchev–Trinajstić information content (AvgIpc) is 3.74. The summed E-state index contributed by atoms with van der Waals surface area (Å²) < 4.78 is 6.84. The van der Waals surface area contributed by atoms with Crippen molar-refractivity contribution in [3.63, 3.8) is 0 Å². The van der Waals surface area contributed by atoms with E-state index in [0.717, 1.165) is 83.1 Å². The summed E-state index contributed by atoms with van der Waals surface area (Å²) in [5.74, 6) is 1.78. The Morgan fingerprint density at radius 1 is 0.262 bits per heavy atom. The van der Waals surface area contributed by atoms with Gasteiger partial charge in [0.15, 0.2) is 17.5 Å². The maximum absolute atomic E-state index is 6.84. The molecule has 61 heavy (non-hydrogen) atoms. The molecule has 11 rings (SSSR count). The van der Waals surface area contributed by atoms with E-state index in [1.807, 2.05) is 24.3 Å². The van der Waals surface area contributed by atoms with Gasteiger partial charge in [-0.3, -0.25) is 0 Å². The van der Waals surface area contributed by atoms with Crippen molar-refractivity contribution >= 4 is 21.9 Å². The van der Waals surface area contributed by atoms with Crippen LogP contribution in [0.3, 0.4) is 0 Å². The molecule has 0 unspecified atom stereocenters. The van der Waals surface area contributed by atoms with E-state index in [1.165, 1.54) is 11.1 Å². The summed E-state index contributed by atoms with van der Waals surface area (Å²) in [5.41, 5.74) is 15.6. The van der Waals surface area contributed by atoms with Crippen molar-refractivity contribution in [3.05, 3.63) is 224 Å². The maximum Gasteiger partial charge on any atom is 0.164 e. The summed E-state index contributed by atoms with van der Waals surface area (Å²) in [5, 5.41) is 1.96. The predicted molar refractivity (Wildman–Crippen MR) is 251 cm³/mol. The second kappa shape index (κ2) is 15.5. The monoisotopic (exact) mass is 779 g/mol. The number of furan rings is 1. The average molecular weight is 780 g/mol. The Morgan fingerprint density at radius 3 is 1.43 bits per heavy atom. The first-order chi connectivity index (χ1) is 30.2. The van der Waals surface area contributed by atoms with E-state index >= 15 is 0 Å². The molecule has 0 saturated carbocycles. The van der Waals surface area contributed by atoms with Crippen molar-refractivity contribution in [2.75, 3.05) is 0 Å². The van der Waals surface area contributed by atoms with Gasteiger partial charge in [-0.15, -0.1) is 0 Å². The summed E-state index contributed by atoms with van der Waals surface area (Å²) >= 11 is 0. The Hall–Kier alpha value is -8.21. The third kappa shape index (κ3) is 6.86. The number of hydrogen-bond donors (Lipinski definition) is 0. The van der Waals surface area contributed by atoms with E-state index in [1.54, 1.807) is 0 Å². The van der Waals surface area contributed by atoms with Gasteiger partial charge in [-0.25, -0.2) is 15.0 Å². The minimum atomic E-state index is 0.578. The van der Waals surface area contributed by atoms with Crippen molar-refractivity contribution in [1.29, 1.82) is 0 Å². The molecule has 2 aromatic heterocycles. The second-order valence-electron chi connectivity index (χ2n) is 15.2. The summed E-state index contributed by atoms with van der Waals surface area (Å²) in [6, 6.07) is 78.1. The van der Waals surface area contributed by atoms with Crippen molar-refractivity contribution in [2.45, 2.75) is 0 Å². The molecule has 0 bridgehead atoms. The van der Waals surface area contributed by atoms with E-state index in [9.17, 15) is 0 Å². The van der Waals surface area contributed by atoms with Gasteiger partial charge in [0, 0.05) is 33.0 Å². The number of para-hydroxylation sites is 1. The zero-order valence-corrected chi connectivity index (χ0v) is 33.1. The van der Waals surface area contributed by atoms with Crippen molar-refractivity contribution in [1.82, 2.24) is 15.0 Å². The Kier molecular flexibility index (Phi) is 9.14. The largest absolute Gasteiger partial charge is 0.455 e. The molecule has 286 valence electrons. The van der Waals surface area contributed by atoms with Gasteiger partial charge in [-0.1, -0.05) is 206 Å². The molecular formula is C57H37N3O. The molecule has 0 saturated heterocycles. The van der Waals surface area contributed by atoms with E-state index in [0.29, 0.717) is 17.5 Å². The van der Waals surface area contributed by atoms with E-state index in [-0.39, 0.29) is 0 Å². The van der Waals surface area contributed by atoms with Gasteiger partial charge >= 0.3 is 0 Å². The minimum Gasteiger partial charge on any atom is -0.455 e. The molecule has 0 fully saturated rings. The van der Waals surface area contributed by atoms with Crippen molar-refractivity contribution in [3.8, 4) is 89.8 Å². The molecule has 11 aromatic rings. The molecule has 2 heterocycles. The zero-order valence-electron chi connectivity index (χ0n) is 33.1. The first kappa shape index (κ1) is 35.9. The number of rotatable bonds is 8. The van der Waals surface area contributed by atoms with Crippen LogP contribution in [0.25, 0.3) is 112 Å². The van der Waals surface area contributed by atoms with Crippen LogP contribution in [0.4, 0.5) is 0 Å².